The summed E-state index contributed by atoms with van der Waals surface area (Å²) >= 11 is 19.1. The number of fused-ring (bicyclic) bond motifs is 1. The zero-order valence-corrected chi connectivity index (χ0v) is 18.2. The number of anilines is 1. The van der Waals surface area contributed by atoms with E-state index in [9.17, 15) is 18.3 Å². The van der Waals surface area contributed by atoms with E-state index < -0.39 is 21.9 Å². The minimum absolute atomic E-state index is 0.0522. The van der Waals surface area contributed by atoms with Crippen molar-refractivity contribution in [2.24, 2.45) is 0 Å². The van der Waals surface area contributed by atoms with Gasteiger partial charge in [-0.15, -0.1) is 0 Å². The van der Waals surface area contributed by atoms with Gasteiger partial charge in [-0.25, -0.2) is 13.4 Å². The molecule has 2 N–H and O–H groups in total. The lowest BCUT2D eigenvalue weighted by Crippen LogP contribution is -2.19. The Labute approximate surface area is 181 Å². The Morgan fingerprint density at radius 1 is 1.17 bits per heavy atom. The molecule has 29 heavy (non-hydrogen) atoms. The highest BCUT2D eigenvalue weighted by molar-refractivity contribution is 7.90. The number of hydrogen-bond acceptors (Lipinski definition) is 6. The molecule has 2 aromatic heterocycles. The monoisotopic (exact) mass is 475 g/mol. The molecule has 0 saturated carbocycles. The van der Waals surface area contributed by atoms with Crippen LogP contribution in [0.5, 0.6) is 0 Å². The second kappa shape index (κ2) is 8.49. The summed E-state index contributed by atoms with van der Waals surface area (Å²) in [7, 11) is -3.21. The Kier molecular flexibility index (Phi) is 6.40. The molecular weight excluding hydrogens is 461 g/mol. The van der Waals surface area contributed by atoms with Crippen molar-refractivity contribution >= 4 is 61.4 Å². The molecule has 11 heteroatoms. The molecule has 0 spiro atoms. The number of aromatic nitrogens is 2. The van der Waals surface area contributed by atoms with Gasteiger partial charge in [-0.05, 0) is 12.1 Å². The molecule has 154 valence electrons. The number of aliphatic hydroxyl groups excluding tert-OH is 1. The Morgan fingerprint density at radius 2 is 1.83 bits per heavy atom. The van der Waals surface area contributed by atoms with E-state index in [0.717, 1.165) is 6.26 Å². The van der Waals surface area contributed by atoms with Crippen LogP contribution in [0, 0.1) is 0 Å². The number of nitrogens with zero attached hydrogens (tertiary/aromatic N) is 2. The predicted molar refractivity (Wildman–Crippen MR) is 116 cm³/mol. The van der Waals surface area contributed by atoms with Gasteiger partial charge < -0.3 is 15.0 Å². The number of rotatable bonds is 6. The van der Waals surface area contributed by atoms with Crippen molar-refractivity contribution in [2.75, 3.05) is 23.9 Å². The first-order chi connectivity index (χ1) is 13.6. The summed E-state index contributed by atoms with van der Waals surface area (Å²) in [5.74, 6) is 0.0254. The van der Waals surface area contributed by atoms with E-state index in [-0.39, 0.29) is 49.8 Å². The molecular formula is C18H16Cl3N3O4S. The van der Waals surface area contributed by atoms with Gasteiger partial charge >= 0.3 is 0 Å². The highest BCUT2D eigenvalue weighted by atomic mass is 35.5. The van der Waals surface area contributed by atoms with E-state index in [1.54, 1.807) is 18.2 Å². The number of sulfone groups is 1. The maximum Gasteiger partial charge on any atom is 0.193 e. The first-order valence-corrected chi connectivity index (χ1v) is 11.5. The zero-order chi connectivity index (χ0) is 21.3. The van der Waals surface area contributed by atoms with Gasteiger partial charge in [-0.1, -0.05) is 40.9 Å². The first kappa shape index (κ1) is 21.9. The summed E-state index contributed by atoms with van der Waals surface area (Å²) in [6.45, 7) is -0.418. The number of nitrogens with one attached hydrogen (secondary N) is 1. The largest absolute Gasteiger partial charge is 0.390 e. The molecule has 0 aliphatic heterocycles. The van der Waals surface area contributed by atoms with Gasteiger partial charge in [0.25, 0.3) is 0 Å². The average Bonchev–Trinajstić information content (AvgIpc) is 2.63. The smallest absolute Gasteiger partial charge is 0.193 e. The Hall–Kier alpha value is -1.84. The quantitative estimate of drug-likeness (QED) is 0.566. The van der Waals surface area contributed by atoms with Gasteiger partial charge in [0, 0.05) is 18.9 Å². The van der Waals surface area contributed by atoms with Crippen LogP contribution in [0.3, 0.4) is 0 Å². The van der Waals surface area contributed by atoms with Crippen LogP contribution in [-0.4, -0.2) is 41.6 Å². The van der Waals surface area contributed by atoms with Crippen LogP contribution >= 0.6 is 34.8 Å². The Bertz CT molecular complexity index is 1240. The summed E-state index contributed by atoms with van der Waals surface area (Å²) in [6.07, 6.45) is 2.44. The van der Waals surface area contributed by atoms with Gasteiger partial charge in [0.1, 0.15) is 15.7 Å². The molecule has 0 fully saturated rings. The number of benzene rings is 1. The molecule has 0 saturated heterocycles. The summed E-state index contributed by atoms with van der Waals surface area (Å²) in [5, 5.41) is 13.6. The SMILES string of the molecule is CS(=O)(=O)CCNc1ncc(Cl)c2c1c(=O)cc(CO)n2-c1c(Cl)cccc1Cl. The molecule has 1 aromatic carbocycles. The molecule has 0 radical (unpaired) electrons. The van der Waals surface area contributed by atoms with Crippen LogP contribution in [0.2, 0.25) is 15.1 Å². The Balaban J connectivity index is 2.33. The maximum absolute atomic E-state index is 12.8. The van der Waals surface area contributed by atoms with Crippen LogP contribution in [0.1, 0.15) is 5.69 Å². The van der Waals surface area contributed by atoms with E-state index in [1.165, 1.54) is 16.8 Å². The van der Waals surface area contributed by atoms with Crippen LogP contribution in [0.4, 0.5) is 5.82 Å². The third-order valence-electron chi connectivity index (χ3n) is 4.15. The molecule has 0 aliphatic rings. The standard InChI is InChI=1S/C18H16Cl3N3O4S/c1-29(27,28)6-5-22-18-15-14(26)7-10(9-25)24(17(15)13(21)8-23-18)16-11(19)3-2-4-12(16)20/h2-4,7-8,25H,5-6,9H2,1H3,(H,22,23). The number of para-hydroxylation sites is 1. The summed E-state index contributed by atoms with van der Waals surface area (Å²) < 4.78 is 24.3. The van der Waals surface area contributed by atoms with Crippen LogP contribution in [0.15, 0.2) is 35.3 Å². The van der Waals surface area contributed by atoms with E-state index in [0.29, 0.717) is 5.69 Å². The third-order valence-corrected chi connectivity index (χ3v) is 5.98. The second-order valence-corrected chi connectivity index (χ2v) is 9.78. The highest BCUT2D eigenvalue weighted by Crippen LogP contribution is 2.35. The Morgan fingerprint density at radius 3 is 2.41 bits per heavy atom. The molecule has 0 bridgehead atoms. The lowest BCUT2D eigenvalue weighted by molar-refractivity contribution is 0.274. The van der Waals surface area contributed by atoms with Gasteiger partial charge in [0.15, 0.2) is 5.43 Å². The molecule has 0 amide bonds. The lowest BCUT2D eigenvalue weighted by Gasteiger charge is -2.20. The number of hydrogen-bond donors (Lipinski definition) is 2. The first-order valence-electron chi connectivity index (χ1n) is 8.34. The van der Waals surface area contributed by atoms with E-state index in [2.05, 4.69) is 10.3 Å². The third kappa shape index (κ3) is 4.51. The minimum Gasteiger partial charge on any atom is -0.390 e. The van der Waals surface area contributed by atoms with E-state index in [4.69, 9.17) is 34.8 Å². The van der Waals surface area contributed by atoms with Gasteiger partial charge in [-0.3, -0.25) is 4.79 Å². The fourth-order valence-corrected chi connectivity index (χ4v) is 4.19. The van der Waals surface area contributed by atoms with Crippen molar-refractivity contribution in [2.45, 2.75) is 6.61 Å². The lowest BCUT2D eigenvalue weighted by atomic mass is 10.1. The molecule has 3 aromatic rings. The molecule has 7 nitrogen and oxygen atoms in total. The average molecular weight is 477 g/mol. The molecule has 0 aliphatic carbocycles. The number of halogens is 3. The zero-order valence-electron chi connectivity index (χ0n) is 15.1. The molecule has 3 rings (SSSR count). The van der Waals surface area contributed by atoms with Crippen LogP contribution in [-0.2, 0) is 16.4 Å². The molecule has 2 heterocycles. The highest BCUT2D eigenvalue weighted by Gasteiger charge is 2.20. The van der Waals surface area contributed by atoms with Gasteiger partial charge in [0.05, 0.1) is 55.9 Å². The topological polar surface area (TPSA) is 101 Å². The fraction of sp³-hybridized carbons (Fsp3) is 0.222. The predicted octanol–water partition coefficient (Wildman–Crippen LogP) is 3.29. The normalized spacial score (nSPS) is 11.8. The molecule has 0 atom stereocenters. The summed E-state index contributed by atoms with van der Waals surface area (Å²) in [6, 6.07) is 6.14. The fourth-order valence-electron chi connectivity index (χ4n) is 2.93. The maximum atomic E-state index is 12.8. The van der Waals surface area contributed by atoms with Crippen molar-refractivity contribution in [3.05, 3.63) is 61.4 Å². The van der Waals surface area contributed by atoms with Crippen molar-refractivity contribution in [1.29, 1.82) is 0 Å². The van der Waals surface area contributed by atoms with Gasteiger partial charge in [-0.2, -0.15) is 0 Å². The van der Waals surface area contributed by atoms with Crippen LogP contribution in [0.25, 0.3) is 16.6 Å². The molecule has 0 unspecified atom stereocenters. The second-order valence-electron chi connectivity index (χ2n) is 6.30. The number of aliphatic hydroxyl groups is 1. The summed E-state index contributed by atoms with van der Waals surface area (Å²) in [5.41, 5.74) is 0.378. The van der Waals surface area contributed by atoms with Crippen molar-refractivity contribution in [3.63, 3.8) is 0 Å². The summed E-state index contributed by atoms with van der Waals surface area (Å²) in [4.78, 5) is 16.9. The van der Waals surface area contributed by atoms with E-state index in [1.807, 2.05) is 0 Å². The van der Waals surface area contributed by atoms with Crippen molar-refractivity contribution in [3.8, 4) is 5.69 Å². The van der Waals surface area contributed by atoms with Crippen molar-refractivity contribution in [1.82, 2.24) is 9.55 Å². The van der Waals surface area contributed by atoms with Crippen molar-refractivity contribution < 1.29 is 13.5 Å². The number of pyridine rings is 2. The minimum atomic E-state index is -3.21. The van der Waals surface area contributed by atoms with Gasteiger partial charge in [0.2, 0.25) is 0 Å². The van der Waals surface area contributed by atoms with E-state index >= 15 is 0 Å². The van der Waals surface area contributed by atoms with Crippen LogP contribution < -0.4 is 10.7 Å².